The largest absolute Gasteiger partial charge is 0.462 e. The van der Waals surface area contributed by atoms with Crippen molar-refractivity contribution < 1.29 is 43.9 Å². The smallest absolute Gasteiger partial charge is 0.333 e. The molecule has 55 heavy (non-hydrogen) atoms. The monoisotopic (exact) mass is 767 g/mol. The van der Waals surface area contributed by atoms with E-state index in [1.165, 1.54) is 17.7 Å². The average molecular weight is 767 g/mol. The first-order valence-electron chi connectivity index (χ1n) is 20.5. The summed E-state index contributed by atoms with van der Waals surface area (Å²) < 4.78 is 18.2. The maximum absolute atomic E-state index is 13.4. The summed E-state index contributed by atoms with van der Waals surface area (Å²) in [5, 5.41) is 36.5. The third-order valence-electron chi connectivity index (χ3n) is 16.0. The number of allylic oxidation sites excluding steroid dienone is 5. The van der Waals surface area contributed by atoms with Crippen molar-refractivity contribution in [3.05, 3.63) is 46.1 Å². The van der Waals surface area contributed by atoms with Crippen LogP contribution in [0.25, 0.3) is 0 Å². The quantitative estimate of drug-likeness (QED) is 0.0972. The standard InChI is InChI=1S/C46H70O9/c1-26(2)20-36(49)53-25-46-31(22-41(8,9)38(51)39(46)55-37(50)21-27(3)4)30-14-15-33-42(10)18-17-34(47)43(11,24-54-40(52)29(7)28(5)6)32(42)16-19-44(33,12)45(30,13)23-35(46)48/h14,20-21,31-35,38-39,47-48,51H,15-19,22-25H2,1-13H3/t31?,32?,33?,34-,35+,38-,39-,42-,43+,44+,45+,46-/m0/s1. The van der Waals surface area contributed by atoms with Crippen LogP contribution in [0.2, 0.25) is 0 Å². The van der Waals surface area contributed by atoms with Gasteiger partial charge in [0.1, 0.15) is 12.7 Å². The Kier molecular flexibility index (Phi) is 11.7. The summed E-state index contributed by atoms with van der Waals surface area (Å²) in [6.45, 7) is 25.9. The molecule has 5 rings (SSSR count). The molecule has 308 valence electrons. The minimum Gasteiger partial charge on any atom is -0.462 e. The lowest BCUT2D eigenvalue weighted by Gasteiger charge is -2.72. The van der Waals surface area contributed by atoms with E-state index in [0.717, 1.165) is 42.4 Å². The molecule has 3 unspecified atom stereocenters. The van der Waals surface area contributed by atoms with E-state index in [0.29, 0.717) is 24.8 Å². The second-order valence-electron chi connectivity index (χ2n) is 20.5. The van der Waals surface area contributed by atoms with E-state index in [1.54, 1.807) is 20.8 Å². The molecule has 5 aliphatic carbocycles. The topological polar surface area (TPSA) is 140 Å². The summed E-state index contributed by atoms with van der Waals surface area (Å²) in [6.07, 6.45) is 6.00. The fourth-order valence-electron chi connectivity index (χ4n) is 12.4. The van der Waals surface area contributed by atoms with E-state index in [9.17, 15) is 29.7 Å². The molecule has 4 fully saturated rings. The van der Waals surface area contributed by atoms with Gasteiger partial charge in [-0.3, -0.25) is 0 Å². The minimum atomic E-state index is -1.29. The number of fused-ring (bicyclic) bond motifs is 7. The van der Waals surface area contributed by atoms with Crippen LogP contribution in [0.4, 0.5) is 0 Å². The van der Waals surface area contributed by atoms with Crippen LogP contribution in [0.15, 0.2) is 46.1 Å². The zero-order valence-corrected chi connectivity index (χ0v) is 35.9. The third kappa shape index (κ3) is 7.00. The number of carbonyl (C=O) groups is 3. The van der Waals surface area contributed by atoms with Crippen LogP contribution in [0.5, 0.6) is 0 Å². The van der Waals surface area contributed by atoms with E-state index in [1.807, 2.05) is 41.5 Å². The van der Waals surface area contributed by atoms with Crippen LogP contribution in [0.1, 0.15) is 135 Å². The molecule has 0 spiro atoms. The molecule has 0 aromatic carbocycles. The Morgan fingerprint density at radius 1 is 0.764 bits per heavy atom. The molecule has 9 nitrogen and oxygen atoms in total. The van der Waals surface area contributed by atoms with Gasteiger partial charge >= 0.3 is 17.9 Å². The molecular formula is C46H70O9. The fraction of sp³-hybridized carbons (Fsp3) is 0.761. The zero-order valence-electron chi connectivity index (χ0n) is 35.9. The molecule has 9 heteroatoms. The predicted octanol–water partition coefficient (Wildman–Crippen LogP) is 7.97. The van der Waals surface area contributed by atoms with E-state index in [-0.39, 0.29) is 47.8 Å². The highest BCUT2D eigenvalue weighted by Gasteiger charge is 2.73. The van der Waals surface area contributed by atoms with Crippen LogP contribution in [0, 0.1) is 50.2 Å². The van der Waals surface area contributed by atoms with Gasteiger partial charge in [0.05, 0.1) is 30.3 Å². The molecule has 0 amide bonds. The number of ether oxygens (including phenoxy) is 3. The summed E-state index contributed by atoms with van der Waals surface area (Å²) in [4.78, 5) is 39.5. The van der Waals surface area contributed by atoms with Crippen LogP contribution >= 0.6 is 0 Å². The van der Waals surface area contributed by atoms with Gasteiger partial charge in [-0.25, -0.2) is 14.4 Å². The van der Waals surface area contributed by atoms with Crippen LogP contribution in [0.3, 0.4) is 0 Å². The molecule has 12 atom stereocenters. The van der Waals surface area contributed by atoms with Gasteiger partial charge in [-0.2, -0.15) is 0 Å². The van der Waals surface area contributed by atoms with Gasteiger partial charge in [0, 0.05) is 23.1 Å². The highest BCUT2D eigenvalue weighted by Crippen LogP contribution is 2.76. The Labute approximate surface area is 330 Å². The normalized spacial score (nSPS) is 41.4. The molecule has 3 N–H and O–H groups in total. The number of rotatable bonds is 8. The maximum Gasteiger partial charge on any atom is 0.333 e. The first-order valence-corrected chi connectivity index (χ1v) is 20.5. The van der Waals surface area contributed by atoms with E-state index in [2.05, 4.69) is 33.8 Å². The molecule has 0 aromatic heterocycles. The van der Waals surface area contributed by atoms with Gasteiger partial charge in [-0.15, -0.1) is 0 Å². The highest BCUT2D eigenvalue weighted by atomic mass is 16.6. The van der Waals surface area contributed by atoms with Crippen molar-refractivity contribution in [3.8, 4) is 0 Å². The molecule has 4 saturated carbocycles. The van der Waals surface area contributed by atoms with Gasteiger partial charge in [-0.05, 0) is 133 Å². The second kappa shape index (κ2) is 14.9. The SMILES string of the molecule is CC(C)=CC(=O)OC[C@@]12C(CC(C)(C)[C@@H](O)[C@@H]1OC(=O)C=C(C)C)C1=CCC3[C@@]4(C)CC[C@H](O)[C@](C)(COC(=O)C(C)=C(C)C)C4CC[C@@]3(C)[C@]1(C)C[C@H]2O. The summed E-state index contributed by atoms with van der Waals surface area (Å²) in [5.74, 6) is -1.53. The van der Waals surface area contributed by atoms with Crippen molar-refractivity contribution in [1.29, 1.82) is 0 Å². The first-order chi connectivity index (χ1) is 25.3. The molecule has 0 radical (unpaired) electrons. The third-order valence-corrected chi connectivity index (χ3v) is 16.0. The molecule has 0 saturated heterocycles. The minimum absolute atomic E-state index is 0.102. The molecule has 0 aromatic rings. The lowest BCUT2D eigenvalue weighted by Crippen LogP contribution is -2.72. The average Bonchev–Trinajstić information content (AvgIpc) is 3.06. The lowest BCUT2D eigenvalue weighted by atomic mass is 9.33. The fourth-order valence-corrected chi connectivity index (χ4v) is 12.4. The highest BCUT2D eigenvalue weighted by molar-refractivity contribution is 5.88. The first kappa shape index (κ1) is 43.4. The van der Waals surface area contributed by atoms with Crippen LogP contribution in [-0.4, -0.2) is 70.9 Å². The summed E-state index contributed by atoms with van der Waals surface area (Å²) in [5.41, 5.74) is 0.672. The van der Waals surface area contributed by atoms with Gasteiger partial charge < -0.3 is 29.5 Å². The van der Waals surface area contributed by atoms with Crippen molar-refractivity contribution in [2.45, 2.75) is 159 Å². The van der Waals surface area contributed by atoms with Crippen molar-refractivity contribution >= 4 is 17.9 Å². The Bertz CT molecular complexity index is 1670. The number of aliphatic hydroxyl groups excluding tert-OH is 3. The summed E-state index contributed by atoms with van der Waals surface area (Å²) in [6, 6.07) is 0. The van der Waals surface area contributed by atoms with E-state index >= 15 is 0 Å². The second-order valence-corrected chi connectivity index (χ2v) is 20.5. The summed E-state index contributed by atoms with van der Waals surface area (Å²) >= 11 is 0. The zero-order chi connectivity index (χ0) is 41.3. The Hall–Kier alpha value is -2.75. The predicted molar refractivity (Wildman–Crippen MR) is 212 cm³/mol. The van der Waals surface area contributed by atoms with Gasteiger partial charge in [0.25, 0.3) is 0 Å². The Balaban J connectivity index is 1.60. The van der Waals surface area contributed by atoms with Crippen molar-refractivity contribution in [3.63, 3.8) is 0 Å². The Morgan fingerprint density at radius 2 is 1.38 bits per heavy atom. The number of carbonyl (C=O) groups excluding carboxylic acids is 3. The van der Waals surface area contributed by atoms with E-state index in [4.69, 9.17) is 14.2 Å². The number of aliphatic hydroxyl groups is 3. The molecule has 0 aliphatic heterocycles. The van der Waals surface area contributed by atoms with Gasteiger partial charge in [-0.1, -0.05) is 69.9 Å². The van der Waals surface area contributed by atoms with Crippen molar-refractivity contribution in [2.75, 3.05) is 13.2 Å². The van der Waals surface area contributed by atoms with Crippen molar-refractivity contribution in [2.24, 2.45) is 50.2 Å². The number of hydrogen-bond acceptors (Lipinski definition) is 9. The van der Waals surface area contributed by atoms with Crippen molar-refractivity contribution in [1.82, 2.24) is 0 Å². The number of esters is 3. The van der Waals surface area contributed by atoms with Crippen LogP contribution < -0.4 is 0 Å². The molecule has 0 bridgehead atoms. The van der Waals surface area contributed by atoms with Crippen LogP contribution in [-0.2, 0) is 28.6 Å². The van der Waals surface area contributed by atoms with Gasteiger partial charge in [0.2, 0.25) is 0 Å². The Morgan fingerprint density at radius 3 is 1.98 bits per heavy atom. The molecule has 0 heterocycles. The maximum atomic E-state index is 13.4. The molecular weight excluding hydrogens is 696 g/mol. The summed E-state index contributed by atoms with van der Waals surface area (Å²) in [7, 11) is 0. The lowest BCUT2D eigenvalue weighted by molar-refractivity contribution is -0.264. The van der Waals surface area contributed by atoms with E-state index < -0.39 is 58.0 Å². The molecule has 5 aliphatic rings. The van der Waals surface area contributed by atoms with Gasteiger partial charge in [0.15, 0.2) is 0 Å². The number of hydrogen-bond donors (Lipinski definition) is 3.